The predicted molar refractivity (Wildman–Crippen MR) is 85.2 cm³/mol. The van der Waals surface area contributed by atoms with E-state index in [0.717, 1.165) is 17.2 Å². The second-order valence-electron chi connectivity index (χ2n) is 4.85. The molecule has 0 aromatic heterocycles. The number of benzene rings is 2. The first-order chi connectivity index (χ1) is 10.6. The minimum Gasteiger partial charge on any atom is -0.497 e. The van der Waals surface area contributed by atoms with Crippen LogP contribution in [-0.4, -0.2) is 18.2 Å². The minimum atomic E-state index is -1.000. The topological polar surface area (TPSA) is 55.8 Å². The van der Waals surface area contributed by atoms with Crippen molar-refractivity contribution in [3.63, 3.8) is 0 Å². The van der Waals surface area contributed by atoms with Crippen molar-refractivity contribution in [1.82, 2.24) is 0 Å². The highest BCUT2D eigenvalue weighted by atomic mass is 16.5. The molecule has 0 saturated carbocycles. The standard InChI is InChI=1S/C18H18O4/c1-13-4-3-5-14(10-13)12-22-17-11-16(21-2)8-6-15(17)7-9-18(19)20/h3-11H,12H2,1-2H3,(H,19,20). The quantitative estimate of drug-likeness (QED) is 0.827. The smallest absolute Gasteiger partial charge is 0.328 e. The average Bonchev–Trinajstić information content (AvgIpc) is 2.51. The molecule has 0 radical (unpaired) electrons. The highest BCUT2D eigenvalue weighted by Crippen LogP contribution is 2.27. The zero-order valence-electron chi connectivity index (χ0n) is 12.6. The maximum Gasteiger partial charge on any atom is 0.328 e. The van der Waals surface area contributed by atoms with E-state index in [1.54, 1.807) is 25.3 Å². The molecule has 114 valence electrons. The van der Waals surface area contributed by atoms with Crippen molar-refractivity contribution < 1.29 is 19.4 Å². The van der Waals surface area contributed by atoms with E-state index in [2.05, 4.69) is 0 Å². The van der Waals surface area contributed by atoms with Crippen LogP contribution in [0.1, 0.15) is 16.7 Å². The fourth-order valence-corrected chi connectivity index (χ4v) is 2.03. The Balaban J connectivity index is 2.21. The second-order valence-corrected chi connectivity index (χ2v) is 4.85. The molecule has 0 aliphatic carbocycles. The molecular formula is C18H18O4. The van der Waals surface area contributed by atoms with Crippen LogP contribution >= 0.6 is 0 Å². The van der Waals surface area contributed by atoms with E-state index in [-0.39, 0.29) is 0 Å². The van der Waals surface area contributed by atoms with Gasteiger partial charge in [0.05, 0.1) is 7.11 Å². The van der Waals surface area contributed by atoms with Crippen LogP contribution in [0.2, 0.25) is 0 Å². The van der Waals surface area contributed by atoms with Gasteiger partial charge in [0.2, 0.25) is 0 Å². The van der Waals surface area contributed by atoms with Crippen LogP contribution in [0.25, 0.3) is 6.08 Å². The lowest BCUT2D eigenvalue weighted by Crippen LogP contribution is -1.98. The zero-order chi connectivity index (χ0) is 15.9. The summed E-state index contributed by atoms with van der Waals surface area (Å²) in [6.45, 7) is 2.43. The predicted octanol–water partition coefficient (Wildman–Crippen LogP) is 3.68. The molecule has 0 aliphatic rings. The molecular weight excluding hydrogens is 280 g/mol. The molecule has 0 saturated heterocycles. The van der Waals surface area contributed by atoms with Crippen LogP contribution in [0.3, 0.4) is 0 Å². The van der Waals surface area contributed by atoms with Gasteiger partial charge in [-0.3, -0.25) is 0 Å². The van der Waals surface area contributed by atoms with Gasteiger partial charge in [0.25, 0.3) is 0 Å². The van der Waals surface area contributed by atoms with Gasteiger partial charge in [-0.15, -0.1) is 0 Å². The summed E-state index contributed by atoms with van der Waals surface area (Å²) in [5.74, 6) is 0.241. The van der Waals surface area contributed by atoms with Gasteiger partial charge in [-0.2, -0.15) is 0 Å². The number of carboxylic acid groups (broad SMARTS) is 1. The number of carbonyl (C=O) groups is 1. The molecule has 2 aromatic rings. The van der Waals surface area contributed by atoms with Gasteiger partial charge in [0.1, 0.15) is 18.1 Å². The van der Waals surface area contributed by atoms with Gasteiger partial charge in [0.15, 0.2) is 0 Å². The number of hydrogen-bond donors (Lipinski definition) is 1. The summed E-state index contributed by atoms with van der Waals surface area (Å²) in [7, 11) is 1.58. The van der Waals surface area contributed by atoms with Crippen molar-refractivity contribution in [3.8, 4) is 11.5 Å². The lowest BCUT2D eigenvalue weighted by atomic mass is 10.1. The third-order valence-electron chi connectivity index (χ3n) is 3.10. The van der Waals surface area contributed by atoms with Crippen LogP contribution in [-0.2, 0) is 11.4 Å². The molecule has 0 amide bonds. The number of rotatable bonds is 6. The third kappa shape index (κ3) is 4.38. The van der Waals surface area contributed by atoms with Gasteiger partial charge < -0.3 is 14.6 Å². The van der Waals surface area contributed by atoms with Gasteiger partial charge in [0, 0.05) is 17.7 Å². The maximum absolute atomic E-state index is 10.7. The first-order valence-corrected chi connectivity index (χ1v) is 6.86. The number of aryl methyl sites for hydroxylation is 1. The normalized spacial score (nSPS) is 10.6. The van der Waals surface area contributed by atoms with E-state index in [1.165, 1.54) is 6.08 Å². The van der Waals surface area contributed by atoms with Crippen molar-refractivity contribution in [2.45, 2.75) is 13.5 Å². The van der Waals surface area contributed by atoms with Crippen LogP contribution in [0.15, 0.2) is 48.5 Å². The average molecular weight is 298 g/mol. The van der Waals surface area contributed by atoms with E-state index in [4.69, 9.17) is 14.6 Å². The Morgan fingerprint density at radius 1 is 1.23 bits per heavy atom. The Labute approximate surface area is 129 Å². The van der Waals surface area contributed by atoms with E-state index in [0.29, 0.717) is 23.7 Å². The fraction of sp³-hybridized carbons (Fsp3) is 0.167. The molecule has 2 rings (SSSR count). The molecule has 4 heteroatoms. The summed E-state index contributed by atoms with van der Waals surface area (Å²) >= 11 is 0. The van der Waals surface area contributed by atoms with Gasteiger partial charge in [-0.1, -0.05) is 29.8 Å². The van der Waals surface area contributed by atoms with Gasteiger partial charge in [-0.05, 0) is 30.7 Å². The highest BCUT2D eigenvalue weighted by molar-refractivity contribution is 5.86. The summed E-state index contributed by atoms with van der Waals surface area (Å²) in [6, 6.07) is 13.3. The Morgan fingerprint density at radius 2 is 2.05 bits per heavy atom. The first-order valence-electron chi connectivity index (χ1n) is 6.86. The van der Waals surface area contributed by atoms with Crippen LogP contribution in [0.5, 0.6) is 11.5 Å². The van der Waals surface area contributed by atoms with Crippen molar-refractivity contribution in [1.29, 1.82) is 0 Å². The summed E-state index contributed by atoms with van der Waals surface area (Å²) in [4.78, 5) is 10.7. The number of methoxy groups -OCH3 is 1. The van der Waals surface area contributed by atoms with Crippen LogP contribution < -0.4 is 9.47 Å². The van der Waals surface area contributed by atoms with Crippen molar-refractivity contribution >= 4 is 12.0 Å². The van der Waals surface area contributed by atoms with Crippen molar-refractivity contribution in [3.05, 3.63) is 65.2 Å². The van der Waals surface area contributed by atoms with Crippen LogP contribution in [0.4, 0.5) is 0 Å². The van der Waals surface area contributed by atoms with E-state index >= 15 is 0 Å². The minimum absolute atomic E-state index is 0.406. The molecule has 0 atom stereocenters. The Kier molecular flexibility index (Phi) is 5.20. The third-order valence-corrected chi connectivity index (χ3v) is 3.10. The van der Waals surface area contributed by atoms with Crippen LogP contribution in [0, 0.1) is 6.92 Å². The highest BCUT2D eigenvalue weighted by Gasteiger charge is 2.05. The second kappa shape index (κ2) is 7.31. The maximum atomic E-state index is 10.7. The van der Waals surface area contributed by atoms with E-state index in [1.807, 2.05) is 31.2 Å². The molecule has 0 fully saturated rings. The summed E-state index contributed by atoms with van der Waals surface area (Å²) in [6.07, 6.45) is 2.59. The molecule has 1 N–H and O–H groups in total. The van der Waals surface area contributed by atoms with E-state index in [9.17, 15) is 4.79 Å². The van der Waals surface area contributed by atoms with Gasteiger partial charge in [-0.25, -0.2) is 4.79 Å². The lowest BCUT2D eigenvalue weighted by molar-refractivity contribution is -0.131. The zero-order valence-corrected chi connectivity index (χ0v) is 12.6. The number of ether oxygens (including phenoxy) is 2. The Bertz CT molecular complexity index is 689. The molecule has 0 unspecified atom stereocenters. The molecule has 0 heterocycles. The Morgan fingerprint density at radius 3 is 2.73 bits per heavy atom. The number of hydrogen-bond acceptors (Lipinski definition) is 3. The van der Waals surface area contributed by atoms with Crippen molar-refractivity contribution in [2.24, 2.45) is 0 Å². The molecule has 2 aromatic carbocycles. The molecule has 4 nitrogen and oxygen atoms in total. The van der Waals surface area contributed by atoms with Crippen molar-refractivity contribution in [2.75, 3.05) is 7.11 Å². The number of aliphatic carboxylic acids is 1. The molecule has 0 aliphatic heterocycles. The monoisotopic (exact) mass is 298 g/mol. The summed E-state index contributed by atoms with van der Waals surface area (Å²) in [5, 5.41) is 8.75. The number of carboxylic acids is 1. The molecule has 0 spiro atoms. The summed E-state index contributed by atoms with van der Waals surface area (Å²) < 4.78 is 11.0. The lowest BCUT2D eigenvalue weighted by Gasteiger charge is -2.11. The Hall–Kier alpha value is -2.75. The van der Waals surface area contributed by atoms with Gasteiger partial charge >= 0.3 is 5.97 Å². The fourth-order valence-electron chi connectivity index (χ4n) is 2.03. The molecule has 22 heavy (non-hydrogen) atoms. The summed E-state index contributed by atoms with van der Waals surface area (Å²) in [5.41, 5.74) is 2.91. The SMILES string of the molecule is COc1ccc(C=CC(=O)O)c(OCc2cccc(C)c2)c1. The first kappa shape index (κ1) is 15.6. The van der Waals surface area contributed by atoms with E-state index < -0.39 is 5.97 Å². The largest absolute Gasteiger partial charge is 0.497 e. The molecule has 0 bridgehead atoms.